The molecule has 160 valence electrons. The van der Waals surface area contributed by atoms with Gasteiger partial charge in [0.05, 0.1) is 15.9 Å². The molecule has 0 aliphatic rings. The Morgan fingerprint density at radius 2 is 1.29 bits per heavy atom. The van der Waals surface area contributed by atoms with Gasteiger partial charge in [0.1, 0.15) is 11.2 Å². The molecule has 3 aromatic heterocycles. The second-order valence-electron chi connectivity index (χ2n) is 8.36. The summed E-state index contributed by atoms with van der Waals surface area (Å²) < 4.78 is 7.48. The Bertz CT molecular complexity index is 1800. The van der Waals surface area contributed by atoms with E-state index < -0.39 is 0 Å². The number of para-hydroxylation sites is 2. The predicted molar refractivity (Wildman–Crippen MR) is 143 cm³/mol. The van der Waals surface area contributed by atoms with Crippen molar-refractivity contribution in [1.82, 2.24) is 4.98 Å². The summed E-state index contributed by atoms with van der Waals surface area (Å²) in [5.41, 5.74) is 8.33. The summed E-state index contributed by atoms with van der Waals surface area (Å²) in [6.45, 7) is 0. The van der Waals surface area contributed by atoms with Gasteiger partial charge in [-0.1, -0.05) is 91.0 Å². The van der Waals surface area contributed by atoms with Crippen LogP contribution in [0.5, 0.6) is 0 Å². The lowest BCUT2D eigenvalue weighted by Gasteiger charge is -2.06. The third-order valence-electron chi connectivity index (χ3n) is 6.31. The molecule has 0 saturated heterocycles. The van der Waals surface area contributed by atoms with Gasteiger partial charge in [-0.2, -0.15) is 0 Å². The van der Waals surface area contributed by atoms with Crippen LogP contribution in [0.15, 0.2) is 120 Å². The minimum atomic E-state index is 0.885. The lowest BCUT2D eigenvalue weighted by molar-refractivity contribution is 0.670. The van der Waals surface area contributed by atoms with Crippen molar-refractivity contribution in [3.05, 3.63) is 115 Å². The molecular weight excluding hydrogens is 434 g/mol. The van der Waals surface area contributed by atoms with Gasteiger partial charge in [0.15, 0.2) is 0 Å². The van der Waals surface area contributed by atoms with E-state index in [1.165, 1.54) is 26.3 Å². The SMILES string of the molecule is c1ccc(-c2sc3ccc(-c4cccc5c4oc4ccccc45)nc3c2-c2ccccc2)cc1. The van der Waals surface area contributed by atoms with Crippen molar-refractivity contribution < 1.29 is 4.42 Å². The Labute approximate surface area is 200 Å². The minimum Gasteiger partial charge on any atom is -0.455 e. The summed E-state index contributed by atoms with van der Waals surface area (Å²) in [6.07, 6.45) is 0. The normalized spacial score (nSPS) is 11.5. The highest BCUT2D eigenvalue weighted by atomic mass is 32.1. The van der Waals surface area contributed by atoms with Crippen LogP contribution in [0.4, 0.5) is 0 Å². The molecule has 0 aliphatic carbocycles. The number of thiophene rings is 1. The number of nitrogens with zero attached hydrogens (tertiary/aromatic N) is 1. The van der Waals surface area contributed by atoms with Crippen LogP contribution in [-0.2, 0) is 0 Å². The van der Waals surface area contributed by atoms with Crippen molar-refractivity contribution in [3.63, 3.8) is 0 Å². The van der Waals surface area contributed by atoms with Crippen molar-refractivity contribution >= 4 is 43.5 Å². The van der Waals surface area contributed by atoms with Gasteiger partial charge in [0.25, 0.3) is 0 Å². The van der Waals surface area contributed by atoms with E-state index in [1.54, 1.807) is 11.3 Å². The first kappa shape index (κ1) is 19.3. The smallest absolute Gasteiger partial charge is 0.144 e. The summed E-state index contributed by atoms with van der Waals surface area (Å²) in [6, 6.07) is 40.0. The quantitative estimate of drug-likeness (QED) is 0.266. The molecule has 0 saturated carbocycles. The molecule has 0 radical (unpaired) electrons. The molecule has 2 nitrogen and oxygen atoms in total. The number of aromatic nitrogens is 1. The number of hydrogen-bond acceptors (Lipinski definition) is 3. The first-order valence-corrected chi connectivity index (χ1v) is 12.1. The third kappa shape index (κ3) is 2.98. The van der Waals surface area contributed by atoms with Crippen LogP contribution in [0.25, 0.3) is 65.0 Å². The molecule has 3 heterocycles. The van der Waals surface area contributed by atoms with Crippen LogP contribution in [0, 0.1) is 0 Å². The van der Waals surface area contributed by atoms with Crippen molar-refractivity contribution in [1.29, 1.82) is 0 Å². The molecule has 0 bridgehead atoms. The highest BCUT2D eigenvalue weighted by molar-refractivity contribution is 7.23. The van der Waals surface area contributed by atoms with Gasteiger partial charge in [-0.25, -0.2) is 4.98 Å². The van der Waals surface area contributed by atoms with Crippen LogP contribution in [-0.4, -0.2) is 4.98 Å². The first-order chi connectivity index (χ1) is 16.9. The molecule has 0 fully saturated rings. The number of hydrogen-bond donors (Lipinski definition) is 0. The summed E-state index contributed by atoms with van der Waals surface area (Å²) in [5.74, 6) is 0. The third-order valence-corrected chi connectivity index (χ3v) is 7.51. The standard InChI is InChI=1S/C31H19NOS/c1-3-10-20(11-4-1)28-29-27(34-31(28)21-12-5-2-6-13-21)19-18-25(32-29)24-16-9-15-23-22-14-7-8-17-26(22)33-30(23)24/h1-19H. The maximum Gasteiger partial charge on any atom is 0.144 e. The molecule has 0 amide bonds. The number of fused-ring (bicyclic) bond motifs is 4. The first-order valence-electron chi connectivity index (χ1n) is 11.3. The Hall–Kier alpha value is -4.21. The molecule has 34 heavy (non-hydrogen) atoms. The summed E-state index contributed by atoms with van der Waals surface area (Å²) in [7, 11) is 0. The van der Waals surface area contributed by atoms with E-state index in [1.807, 2.05) is 12.1 Å². The van der Waals surface area contributed by atoms with Crippen molar-refractivity contribution in [3.8, 4) is 32.8 Å². The topological polar surface area (TPSA) is 26.0 Å². The second-order valence-corrected chi connectivity index (χ2v) is 9.41. The lowest BCUT2D eigenvalue weighted by atomic mass is 10.0. The van der Waals surface area contributed by atoms with Gasteiger partial charge < -0.3 is 4.42 Å². The second kappa shape index (κ2) is 7.68. The zero-order valence-electron chi connectivity index (χ0n) is 18.2. The maximum absolute atomic E-state index is 6.30. The summed E-state index contributed by atoms with van der Waals surface area (Å²) >= 11 is 1.80. The molecule has 0 N–H and O–H groups in total. The van der Waals surface area contributed by atoms with E-state index in [0.29, 0.717) is 0 Å². The van der Waals surface area contributed by atoms with Crippen molar-refractivity contribution in [2.24, 2.45) is 0 Å². The number of pyridine rings is 1. The minimum absolute atomic E-state index is 0.885. The molecule has 0 atom stereocenters. The largest absolute Gasteiger partial charge is 0.455 e. The molecule has 0 aliphatic heterocycles. The van der Waals surface area contributed by atoms with Gasteiger partial charge in [0.2, 0.25) is 0 Å². The molecule has 7 aromatic rings. The Kier molecular flexibility index (Phi) is 4.36. The maximum atomic E-state index is 6.30. The van der Waals surface area contributed by atoms with Crippen molar-refractivity contribution in [2.45, 2.75) is 0 Å². The van der Waals surface area contributed by atoms with Crippen molar-refractivity contribution in [2.75, 3.05) is 0 Å². The Balaban J connectivity index is 1.51. The van der Waals surface area contributed by atoms with E-state index >= 15 is 0 Å². The highest BCUT2D eigenvalue weighted by Gasteiger charge is 2.19. The average Bonchev–Trinajstić information content (AvgIpc) is 3.48. The van der Waals surface area contributed by atoms with Gasteiger partial charge in [-0.15, -0.1) is 11.3 Å². The van der Waals surface area contributed by atoms with E-state index in [9.17, 15) is 0 Å². The van der Waals surface area contributed by atoms with Gasteiger partial charge in [0, 0.05) is 26.8 Å². The van der Waals surface area contributed by atoms with Gasteiger partial charge >= 0.3 is 0 Å². The molecule has 0 spiro atoms. The Morgan fingerprint density at radius 3 is 2.12 bits per heavy atom. The van der Waals surface area contributed by atoms with E-state index in [2.05, 4.69) is 103 Å². The van der Waals surface area contributed by atoms with E-state index in [0.717, 1.165) is 38.7 Å². The summed E-state index contributed by atoms with van der Waals surface area (Å²) in [4.78, 5) is 6.48. The number of furan rings is 1. The van der Waals surface area contributed by atoms with Gasteiger partial charge in [-0.05, 0) is 35.4 Å². The van der Waals surface area contributed by atoms with Crippen LogP contribution in [0.1, 0.15) is 0 Å². The zero-order chi connectivity index (χ0) is 22.5. The monoisotopic (exact) mass is 453 g/mol. The Morgan fingerprint density at radius 1 is 0.588 bits per heavy atom. The van der Waals surface area contributed by atoms with Gasteiger partial charge in [-0.3, -0.25) is 0 Å². The fraction of sp³-hybridized carbons (Fsp3) is 0. The van der Waals surface area contributed by atoms with E-state index in [4.69, 9.17) is 9.40 Å². The molecule has 0 unspecified atom stereocenters. The molecule has 4 aromatic carbocycles. The van der Waals surface area contributed by atoms with Crippen LogP contribution >= 0.6 is 11.3 Å². The van der Waals surface area contributed by atoms with E-state index in [-0.39, 0.29) is 0 Å². The lowest BCUT2D eigenvalue weighted by Crippen LogP contribution is -1.87. The number of rotatable bonds is 3. The molecule has 7 rings (SSSR count). The fourth-order valence-corrected chi connectivity index (χ4v) is 5.91. The summed E-state index contributed by atoms with van der Waals surface area (Å²) in [5, 5.41) is 2.25. The molecule has 3 heteroatoms. The fourth-order valence-electron chi connectivity index (χ4n) is 4.74. The molecular formula is C31H19NOS. The average molecular weight is 454 g/mol. The van der Waals surface area contributed by atoms with Crippen LogP contribution in [0.2, 0.25) is 0 Å². The number of benzene rings is 4. The highest BCUT2D eigenvalue weighted by Crippen LogP contribution is 2.45. The van der Waals surface area contributed by atoms with Crippen LogP contribution < -0.4 is 0 Å². The zero-order valence-corrected chi connectivity index (χ0v) is 19.0. The van der Waals surface area contributed by atoms with Crippen LogP contribution in [0.3, 0.4) is 0 Å². The predicted octanol–water partition coefficient (Wildman–Crippen LogP) is 9.20.